The summed E-state index contributed by atoms with van der Waals surface area (Å²) < 4.78 is 30.0. The van der Waals surface area contributed by atoms with Gasteiger partial charge in [-0.2, -0.15) is 0 Å². The Kier molecular flexibility index (Phi) is 7.43. The Morgan fingerprint density at radius 3 is 2.44 bits per heavy atom. The predicted molar refractivity (Wildman–Crippen MR) is 149 cm³/mol. The number of carbonyl (C=O) groups is 2. The molecule has 39 heavy (non-hydrogen) atoms. The molecule has 0 bridgehead atoms. The van der Waals surface area contributed by atoms with Crippen molar-refractivity contribution in [1.82, 2.24) is 25.3 Å². The number of benzene rings is 1. The number of carbonyl (C=O) groups excluding carboxylic acids is 2. The van der Waals surface area contributed by atoms with Gasteiger partial charge >= 0.3 is 0 Å². The molecule has 3 aromatic rings. The SMILES string of the molecule is CC(C)CNS(=O)(=O)c1cc2c(c3cnc(C4CC4)cc13)[C@@H](NC(=O)C(C)C)C[C@@H]2NC(=O)c1cccnc1. The van der Waals surface area contributed by atoms with Crippen LogP contribution in [0.25, 0.3) is 10.8 Å². The molecule has 1 aromatic carbocycles. The van der Waals surface area contributed by atoms with Crippen molar-refractivity contribution in [3.8, 4) is 0 Å². The Balaban J connectivity index is 1.66. The Hall–Kier alpha value is -3.37. The van der Waals surface area contributed by atoms with Gasteiger partial charge in [-0.15, -0.1) is 0 Å². The summed E-state index contributed by atoms with van der Waals surface area (Å²) in [7, 11) is -3.87. The summed E-state index contributed by atoms with van der Waals surface area (Å²) in [5.41, 5.74) is 2.74. The minimum absolute atomic E-state index is 0.115. The zero-order valence-electron chi connectivity index (χ0n) is 22.7. The van der Waals surface area contributed by atoms with Gasteiger partial charge in [0.1, 0.15) is 0 Å². The summed E-state index contributed by atoms with van der Waals surface area (Å²) in [6.07, 6.45) is 7.28. The van der Waals surface area contributed by atoms with Gasteiger partial charge in [-0.3, -0.25) is 19.6 Å². The third-order valence-corrected chi connectivity index (χ3v) is 8.77. The summed E-state index contributed by atoms with van der Waals surface area (Å²) in [5.74, 6) is -0.199. The van der Waals surface area contributed by atoms with Crippen LogP contribution in [0.15, 0.2) is 47.8 Å². The molecule has 2 aromatic heterocycles. The van der Waals surface area contributed by atoms with Crippen LogP contribution in [0.3, 0.4) is 0 Å². The van der Waals surface area contributed by atoms with Gasteiger partial charge in [0.2, 0.25) is 15.9 Å². The molecule has 2 heterocycles. The van der Waals surface area contributed by atoms with Crippen molar-refractivity contribution in [2.24, 2.45) is 11.8 Å². The van der Waals surface area contributed by atoms with Crippen molar-refractivity contribution in [2.45, 2.75) is 69.9 Å². The number of nitrogens with one attached hydrogen (secondary N) is 3. The topological polar surface area (TPSA) is 130 Å². The predicted octanol–water partition coefficient (Wildman–Crippen LogP) is 4.13. The van der Waals surface area contributed by atoms with Crippen LogP contribution in [0, 0.1) is 11.8 Å². The molecule has 2 aliphatic rings. The highest BCUT2D eigenvalue weighted by Crippen LogP contribution is 2.47. The Morgan fingerprint density at radius 1 is 1.03 bits per heavy atom. The maximum Gasteiger partial charge on any atom is 0.253 e. The molecule has 0 radical (unpaired) electrons. The van der Waals surface area contributed by atoms with Gasteiger partial charge in [0, 0.05) is 53.4 Å². The molecule has 3 N–H and O–H groups in total. The van der Waals surface area contributed by atoms with Gasteiger partial charge in [-0.25, -0.2) is 13.1 Å². The van der Waals surface area contributed by atoms with Crippen LogP contribution in [-0.2, 0) is 14.8 Å². The first-order valence-electron chi connectivity index (χ1n) is 13.5. The minimum Gasteiger partial charge on any atom is -0.349 e. The molecule has 0 aliphatic heterocycles. The summed E-state index contributed by atoms with van der Waals surface area (Å²) in [6, 6.07) is 5.99. The van der Waals surface area contributed by atoms with E-state index in [2.05, 4.69) is 20.3 Å². The number of hydrogen-bond donors (Lipinski definition) is 3. The fraction of sp³-hybridized carbons (Fsp3) is 0.448. The zero-order valence-corrected chi connectivity index (χ0v) is 23.5. The van der Waals surface area contributed by atoms with E-state index in [9.17, 15) is 18.0 Å². The third kappa shape index (κ3) is 5.67. The van der Waals surface area contributed by atoms with Crippen molar-refractivity contribution in [2.75, 3.05) is 6.54 Å². The van der Waals surface area contributed by atoms with Crippen molar-refractivity contribution in [3.63, 3.8) is 0 Å². The minimum atomic E-state index is -3.87. The summed E-state index contributed by atoms with van der Waals surface area (Å²) >= 11 is 0. The van der Waals surface area contributed by atoms with Gasteiger partial charge in [-0.1, -0.05) is 27.7 Å². The second kappa shape index (κ2) is 10.7. The number of nitrogens with zero attached hydrogens (tertiary/aromatic N) is 2. The average molecular weight is 550 g/mol. The van der Waals surface area contributed by atoms with E-state index in [-0.39, 0.29) is 28.5 Å². The number of sulfonamides is 1. The average Bonchev–Trinajstić information content (AvgIpc) is 3.71. The summed E-state index contributed by atoms with van der Waals surface area (Å²) in [5, 5.41) is 7.44. The van der Waals surface area contributed by atoms with Crippen LogP contribution >= 0.6 is 0 Å². The van der Waals surface area contributed by atoms with Crippen molar-refractivity contribution < 1.29 is 18.0 Å². The maximum atomic E-state index is 13.6. The van der Waals surface area contributed by atoms with E-state index in [1.54, 1.807) is 30.6 Å². The van der Waals surface area contributed by atoms with E-state index in [1.165, 1.54) is 6.20 Å². The zero-order chi connectivity index (χ0) is 27.9. The van der Waals surface area contributed by atoms with Crippen LogP contribution < -0.4 is 15.4 Å². The number of rotatable bonds is 9. The number of fused-ring (bicyclic) bond motifs is 3. The van der Waals surface area contributed by atoms with Gasteiger partial charge in [0.05, 0.1) is 22.5 Å². The molecule has 1 saturated carbocycles. The standard InChI is InChI=1S/C29H35N5O4S/c1-16(2)13-32-39(37,38)26-11-21-24(33-29(36)19-6-5-9-30-14-19)12-25(34-28(35)17(3)4)27(21)22-15-31-23(10-20(22)26)18-7-8-18/h5-6,9-11,14-18,24-25,32H,7-8,12-13H2,1-4H3,(H,33,36)(H,34,35)/t24-,25-/m0/s1. The molecule has 0 spiro atoms. The van der Waals surface area contributed by atoms with Crippen molar-refractivity contribution in [3.05, 3.63) is 65.2 Å². The highest BCUT2D eigenvalue weighted by atomic mass is 32.2. The molecule has 2 amide bonds. The van der Waals surface area contributed by atoms with Gasteiger partial charge in [0.25, 0.3) is 5.91 Å². The second-order valence-corrected chi connectivity index (χ2v) is 13.0. The smallest absolute Gasteiger partial charge is 0.253 e. The number of hydrogen-bond acceptors (Lipinski definition) is 6. The Labute approximate surface area is 229 Å². The lowest BCUT2D eigenvalue weighted by molar-refractivity contribution is -0.124. The third-order valence-electron chi connectivity index (χ3n) is 7.31. The molecular formula is C29H35N5O4S. The van der Waals surface area contributed by atoms with E-state index < -0.39 is 22.1 Å². The van der Waals surface area contributed by atoms with E-state index in [4.69, 9.17) is 4.98 Å². The molecule has 10 heteroatoms. The van der Waals surface area contributed by atoms with Crippen molar-refractivity contribution >= 4 is 32.6 Å². The molecule has 2 aliphatic carbocycles. The van der Waals surface area contributed by atoms with Crippen LogP contribution in [0.4, 0.5) is 0 Å². The normalized spacial score (nSPS) is 18.9. The molecule has 0 saturated heterocycles. The maximum absolute atomic E-state index is 13.6. The fourth-order valence-corrected chi connectivity index (χ4v) is 6.47. The van der Waals surface area contributed by atoms with Gasteiger partial charge < -0.3 is 10.6 Å². The van der Waals surface area contributed by atoms with Crippen LogP contribution in [0.2, 0.25) is 0 Å². The quantitative estimate of drug-likeness (QED) is 0.368. The molecule has 206 valence electrons. The van der Waals surface area contributed by atoms with E-state index in [0.717, 1.165) is 24.1 Å². The molecule has 1 fully saturated rings. The Bertz CT molecular complexity index is 1520. The molecule has 5 rings (SSSR count). The highest BCUT2D eigenvalue weighted by molar-refractivity contribution is 7.89. The lowest BCUT2D eigenvalue weighted by Crippen LogP contribution is -2.32. The highest BCUT2D eigenvalue weighted by Gasteiger charge is 2.38. The largest absolute Gasteiger partial charge is 0.349 e. The van der Waals surface area contributed by atoms with E-state index in [1.807, 2.05) is 33.8 Å². The molecule has 0 unspecified atom stereocenters. The van der Waals surface area contributed by atoms with Crippen LogP contribution in [-0.4, -0.2) is 36.7 Å². The summed E-state index contributed by atoms with van der Waals surface area (Å²) in [4.78, 5) is 34.8. The van der Waals surface area contributed by atoms with Crippen LogP contribution in [0.5, 0.6) is 0 Å². The number of amides is 2. The second-order valence-electron chi connectivity index (χ2n) is 11.3. The molecule has 9 nitrogen and oxygen atoms in total. The van der Waals surface area contributed by atoms with Crippen LogP contribution in [0.1, 0.15) is 92.1 Å². The first-order chi connectivity index (χ1) is 18.5. The van der Waals surface area contributed by atoms with E-state index >= 15 is 0 Å². The lowest BCUT2D eigenvalue weighted by Gasteiger charge is -2.19. The summed E-state index contributed by atoms with van der Waals surface area (Å²) in [6.45, 7) is 7.85. The van der Waals surface area contributed by atoms with E-state index in [0.29, 0.717) is 40.8 Å². The lowest BCUT2D eigenvalue weighted by atomic mass is 9.98. The first kappa shape index (κ1) is 27.2. The molecular weight excluding hydrogens is 514 g/mol. The molecule has 2 atom stereocenters. The number of pyridine rings is 2. The van der Waals surface area contributed by atoms with Gasteiger partial charge in [-0.05, 0) is 60.6 Å². The van der Waals surface area contributed by atoms with Gasteiger partial charge in [0.15, 0.2) is 0 Å². The Morgan fingerprint density at radius 2 is 1.79 bits per heavy atom. The monoisotopic (exact) mass is 549 g/mol. The van der Waals surface area contributed by atoms with Crippen molar-refractivity contribution in [1.29, 1.82) is 0 Å². The number of aromatic nitrogens is 2. The first-order valence-corrected chi connectivity index (χ1v) is 15.0. The fourth-order valence-electron chi connectivity index (χ4n) is 5.02.